The van der Waals surface area contributed by atoms with Crippen molar-refractivity contribution in [2.45, 2.75) is 18.7 Å². The molecule has 0 aliphatic heterocycles. The molecule has 0 atom stereocenters. The summed E-state index contributed by atoms with van der Waals surface area (Å²) >= 11 is 0. The van der Waals surface area contributed by atoms with Gasteiger partial charge in [0.2, 0.25) is 0 Å². The number of rotatable bonds is 2. The summed E-state index contributed by atoms with van der Waals surface area (Å²) in [6.07, 6.45) is 0. The Labute approximate surface area is 79.7 Å². The zero-order valence-corrected chi connectivity index (χ0v) is 8.25. The number of nitro groups is 1. The predicted molar refractivity (Wildman–Crippen MR) is 46.7 cm³/mol. The molecule has 0 bridgehead atoms. The number of hydrogen-bond donors (Lipinski definition) is 2. The van der Waals surface area contributed by atoms with Gasteiger partial charge in [-0.2, -0.15) is 8.42 Å². The van der Waals surface area contributed by atoms with E-state index >= 15 is 0 Å². The van der Waals surface area contributed by atoms with Crippen LogP contribution in [0.5, 0.6) is 0 Å². The molecular weight excluding hydrogens is 212 g/mol. The molecule has 1 aromatic heterocycles. The first-order valence-corrected chi connectivity index (χ1v) is 5.00. The Balaban J connectivity index is 3.63. The predicted octanol–water partition coefficient (Wildman–Crippen LogP) is 0.786. The third kappa shape index (κ3) is 1.61. The van der Waals surface area contributed by atoms with Gasteiger partial charge in [-0.25, -0.2) is 4.98 Å². The summed E-state index contributed by atoms with van der Waals surface area (Å²) in [7, 11) is -4.56. The van der Waals surface area contributed by atoms with Gasteiger partial charge >= 0.3 is 15.9 Å². The summed E-state index contributed by atoms with van der Waals surface area (Å²) in [4.78, 5) is 11.2. The summed E-state index contributed by atoms with van der Waals surface area (Å²) in [5.74, 6) is -0.706. The van der Waals surface area contributed by atoms with Crippen molar-refractivity contribution in [2.75, 3.05) is 0 Å². The molecule has 0 aliphatic rings. The molecule has 0 aliphatic carbocycles. The van der Waals surface area contributed by atoms with Crippen LogP contribution in [0.25, 0.3) is 0 Å². The SMILES string of the molecule is Cc1[nH]c([N+](=O)[O-])c(S(=O)(=O)O)c1C. The monoisotopic (exact) mass is 220 g/mol. The van der Waals surface area contributed by atoms with Crippen molar-refractivity contribution in [3.05, 3.63) is 21.4 Å². The maximum absolute atomic E-state index is 10.8. The molecule has 0 saturated carbocycles. The lowest BCUT2D eigenvalue weighted by Gasteiger charge is -1.95. The van der Waals surface area contributed by atoms with Crippen molar-refractivity contribution in [3.63, 3.8) is 0 Å². The van der Waals surface area contributed by atoms with Crippen LogP contribution in [0.15, 0.2) is 4.90 Å². The fourth-order valence-corrected chi connectivity index (χ4v) is 2.03. The highest BCUT2D eigenvalue weighted by molar-refractivity contribution is 7.86. The van der Waals surface area contributed by atoms with Crippen molar-refractivity contribution in [1.29, 1.82) is 0 Å². The van der Waals surface area contributed by atoms with Crippen LogP contribution in [-0.4, -0.2) is 22.9 Å². The van der Waals surface area contributed by atoms with Gasteiger partial charge in [0.25, 0.3) is 0 Å². The van der Waals surface area contributed by atoms with Crippen molar-refractivity contribution in [2.24, 2.45) is 0 Å². The van der Waals surface area contributed by atoms with Crippen LogP contribution in [0.4, 0.5) is 5.82 Å². The molecule has 0 radical (unpaired) electrons. The molecule has 14 heavy (non-hydrogen) atoms. The van der Waals surface area contributed by atoms with E-state index in [-0.39, 0.29) is 5.56 Å². The normalized spacial score (nSPS) is 11.6. The summed E-state index contributed by atoms with van der Waals surface area (Å²) in [5.41, 5.74) is 0.489. The van der Waals surface area contributed by atoms with Gasteiger partial charge in [-0.3, -0.25) is 4.55 Å². The molecular formula is C6H8N2O5S. The smallest absolute Gasteiger partial charge is 0.342 e. The lowest BCUT2D eigenvalue weighted by molar-refractivity contribution is -0.392. The Morgan fingerprint density at radius 1 is 1.43 bits per heavy atom. The summed E-state index contributed by atoms with van der Waals surface area (Å²) in [6.45, 7) is 2.86. The van der Waals surface area contributed by atoms with Crippen molar-refractivity contribution < 1.29 is 17.9 Å². The fraction of sp³-hybridized carbons (Fsp3) is 0.333. The average Bonchev–Trinajstić information content (AvgIpc) is 2.27. The molecule has 2 N–H and O–H groups in total. The third-order valence-corrected chi connectivity index (χ3v) is 2.88. The number of nitrogens with one attached hydrogen (secondary N) is 1. The van der Waals surface area contributed by atoms with Crippen LogP contribution in [0.3, 0.4) is 0 Å². The zero-order chi connectivity index (χ0) is 11.1. The number of aromatic nitrogens is 1. The van der Waals surface area contributed by atoms with Gasteiger partial charge in [-0.05, 0) is 18.8 Å². The van der Waals surface area contributed by atoms with Crippen LogP contribution >= 0.6 is 0 Å². The summed E-state index contributed by atoms with van der Waals surface area (Å²) in [6, 6.07) is 0. The Morgan fingerprint density at radius 3 is 2.21 bits per heavy atom. The van der Waals surface area contributed by atoms with E-state index in [1.165, 1.54) is 13.8 Å². The molecule has 0 unspecified atom stereocenters. The maximum atomic E-state index is 10.8. The number of aromatic amines is 1. The first-order chi connectivity index (χ1) is 6.25. The molecule has 1 aromatic rings. The van der Waals surface area contributed by atoms with Crippen LogP contribution in [-0.2, 0) is 10.1 Å². The van der Waals surface area contributed by atoms with Gasteiger partial charge < -0.3 is 10.1 Å². The number of aryl methyl sites for hydroxylation is 1. The highest BCUT2D eigenvalue weighted by Crippen LogP contribution is 2.28. The van der Waals surface area contributed by atoms with E-state index in [1.807, 2.05) is 0 Å². The lowest BCUT2D eigenvalue weighted by atomic mass is 10.3. The van der Waals surface area contributed by atoms with Crippen LogP contribution in [0.2, 0.25) is 0 Å². The molecule has 1 heterocycles. The second-order valence-corrected chi connectivity index (χ2v) is 4.14. The first kappa shape index (κ1) is 10.7. The van der Waals surface area contributed by atoms with Crippen molar-refractivity contribution in [1.82, 2.24) is 4.98 Å². The van der Waals surface area contributed by atoms with Crippen LogP contribution in [0.1, 0.15) is 11.3 Å². The minimum absolute atomic E-state index is 0.152. The lowest BCUT2D eigenvalue weighted by Crippen LogP contribution is -2.02. The third-order valence-electron chi connectivity index (χ3n) is 1.86. The first-order valence-electron chi connectivity index (χ1n) is 3.56. The zero-order valence-electron chi connectivity index (χ0n) is 7.44. The minimum atomic E-state index is -4.56. The van der Waals surface area contributed by atoms with Gasteiger partial charge in [0, 0.05) is 5.56 Å². The van der Waals surface area contributed by atoms with Gasteiger partial charge in [-0.1, -0.05) is 0 Å². The number of H-pyrrole nitrogens is 1. The topological polar surface area (TPSA) is 113 Å². The van der Waals surface area contributed by atoms with Gasteiger partial charge in [0.15, 0.2) is 4.90 Å². The Kier molecular flexibility index (Phi) is 2.34. The second kappa shape index (κ2) is 3.07. The van der Waals surface area contributed by atoms with E-state index < -0.39 is 25.8 Å². The average molecular weight is 220 g/mol. The number of hydrogen-bond acceptors (Lipinski definition) is 4. The molecule has 1 rings (SSSR count). The minimum Gasteiger partial charge on any atom is -0.358 e. The Morgan fingerprint density at radius 2 is 1.93 bits per heavy atom. The molecule has 8 heteroatoms. The standard InChI is InChI=1S/C6H8N2O5S/c1-3-4(2)7-6(8(9)10)5(3)14(11,12)13/h7H,1-2H3,(H,11,12,13). The van der Waals surface area contributed by atoms with Gasteiger partial charge in [0.1, 0.15) is 5.69 Å². The van der Waals surface area contributed by atoms with Gasteiger partial charge in [0.05, 0.1) is 0 Å². The second-order valence-electron chi connectivity index (χ2n) is 2.78. The van der Waals surface area contributed by atoms with E-state index in [0.29, 0.717) is 5.69 Å². The van der Waals surface area contributed by atoms with Crippen molar-refractivity contribution in [3.8, 4) is 0 Å². The van der Waals surface area contributed by atoms with E-state index in [4.69, 9.17) is 4.55 Å². The Hall–Kier alpha value is -1.41. The van der Waals surface area contributed by atoms with Crippen LogP contribution < -0.4 is 0 Å². The van der Waals surface area contributed by atoms with E-state index in [9.17, 15) is 18.5 Å². The van der Waals surface area contributed by atoms with Crippen molar-refractivity contribution >= 4 is 15.9 Å². The molecule has 0 aromatic carbocycles. The van der Waals surface area contributed by atoms with Gasteiger partial charge in [-0.15, -0.1) is 0 Å². The molecule has 0 amide bonds. The maximum Gasteiger partial charge on any atom is 0.342 e. The fourth-order valence-electron chi connectivity index (χ4n) is 1.12. The Bertz CT molecular complexity index is 487. The molecule has 7 nitrogen and oxygen atoms in total. The number of nitrogens with zero attached hydrogens (tertiary/aromatic N) is 1. The highest BCUT2D eigenvalue weighted by atomic mass is 32.2. The van der Waals surface area contributed by atoms with E-state index in [0.717, 1.165) is 0 Å². The summed E-state index contributed by atoms with van der Waals surface area (Å²) in [5, 5.41) is 10.4. The molecule has 78 valence electrons. The largest absolute Gasteiger partial charge is 0.358 e. The molecule has 0 saturated heterocycles. The van der Waals surface area contributed by atoms with E-state index in [1.54, 1.807) is 0 Å². The van der Waals surface area contributed by atoms with Crippen LogP contribution in [0, 0.1) is 24.0 Å². The quantitative estimate of drug-likeness (QED) is 0.434. The summed E-state index contributed by atoms with van der Waals surface area (Å²) < 4.78 is 30.4. The molecule has 0 spiro atoms. The van der Waals surface area contributed by atoms with E-state index in [2.05, 4.69) is 4.98 Å². The molecule has 0 fully saturated rings. The highest BCUT2D eigenvalue weighted by Gasteiger charge is 2.30.